The lowest BCUT2D eigenvalue weighted by atomic mass is 9.74. The zero-order chi connectivity index (χ0) is 26.3. The van der Waals surface area contributed by atoms with Crippen molar-refractivity contribution in [2.24, 2.45) is 0 Å². The summed E-state index contributed by atoms with van der Waals surface area (Å²) in [5.74, 6) is -0.113. The van der Waals surface area contributed by atoms with Crippen LogP contribution in [0.4, 0.5) is 0 Å². The van der Waals surface area contributed by atoms with Gasteiger partial charge in [-0.2, -0.15) is 0 Å². The first-order chi connectivity index (χ1) is 16.9. The predicted octanol–water partition coefficient (Wildman–Crippen LogP) is 8.71. The number of carbonyl (C=O) groups is 1. The van der Waals surface area contributed by atoms with E-state index in [1.807, 2.05) is 48.5 Å². The minimum Gasteiger partial charge on any atom is -0.507 e. The number of hydrogen-bond donors (Lipinski definition) is 1. The highest BCUT2D eigenvalue weighted by Crippen LogP contribution is 2.44. The van der Waals surface area contributed by atoms with Crippen LogP contribution in [0, 0.1) is 0 Å². The van der Waals surface area contributed by atoms with Gasteiger partial charge in [-0.3, -0.25) is 4.79 Å². The molecular formula is C34H36O2. The fourth-order valence-electron chi connectivity index (χ4n) is 4.94. The van der Waals surface area contributed by atoms with Gasteiger partial charge in [-0.25, -0.2) is 0 Å². The number of ketones is 1. The topological polar surface area (TPSA) is 37.3 Å². The van der Waals surface area contributed by atoms with Crippen molar-refractivity contribution in [3.8, 4) is 5.75 Å². The molecule has 0 unspecified atom stereocenters. The third-order valence-corrected chi connectivity index (χ3v) is 6.89. The molecule has 2 nitrogen and oxygen atoms in total. The highest BCUT2D eigenvalue weighted by Gasteiger charge is 2.31. The molecule has 0 bridgehead atoms. The molecule has 0 aliphatic heterocycles. The van der Waals surface area contributed by atoms with Crippen molar-refractivity contribution in [1.82, 2.24) is 0 Å². The third-order valence-electron chi connectivity index (χ3n) is 6.89. The van der Waals surface area contributed by atoms with E-state index in [1.165, 1.54) is 0 Å². The Morgan fingerprint density at radius 1 is 0.750 bits per heavy atom. The number of phenols is 1. The summed E-state index contributed by atoms with van der Waals surface area (Å²) < 4.78 is 0. The molecule has 1 atom stereocenters. The van der Waals surface area contributed by atoms with Crippen molar-refractivity contribution >= 4 is 16.6 Å². The summed E-state index contributed by atoms with van der Waals surface area (Å²) >= 11 is 0. The van der Waals surface area contributed by atoms with Crippen molar-refractivity contribution in [3.05, 3.63) is 125 Å². The number of carbonyl (C=O) groups excluding carboxylic acids is 1. The zero-order valence-corrected chi connectivity index (χ0v) is 22.2. The van der Waals surface area contributed by atoms with Crippen LogP contribution in [0.5, 0.6) is 5.75 Å². The molecule has 2 heteroatoms. The van der Waals surface area contributed by atoms with E-state index in [0.717, 1.165) is 33.0 Å². The number of rotatable bonds is 5. The Hall–Kier alpha value is -3.65. The van der Waals surface area contributed by atoms with Crippen LogP contribution in [0.2, 0.25) is 0 Å². The van der Waals surface area contributed by atoms with Crippen LogP contribution in [0.1, 0.15) is 80.1 Å². The van der Waals surface area contributed by atoms with E-state index in [9.17, 15) is 9.90 Å². The number of fused-ring (bicyclic) bond motifs is 1. The smallest absolute Gasteiger partial charge is 0.189 e. The van der Waals surface area contributed by atoms with Crippen LogP contribution in [0.25, 0.3) is 10.8 Å². The highest BCUT2D eigenvalue weighted by atomic mass is 16.3. The lowest BCUT2D eigenvalue weighted by molar-refractivity contribution is 0.103. The van der Waals surface area contributed by atoms with Gasteiger partial charge < -0.3 is 5.11 Å². The number of phenolic OH excluding ortho intramolecular Hbond substituents is 1. The number of aromatic hydroxyl groups is 1. The SMILES string of the molecule is C=C(C(=O)c1ccccc1)[C@@H](c1cc(C(C)(C)C)c(O)c(C(C)(C)C)c1)c1cccc2ccccc12. The first-order valence-corrected chi connectivity index (χ1v) is 12.5. The molecule has 4 aromatic rings. The second-order valence-corrected chi connectivity index (χ2v) is 11.7. The summed E-state index contributed by atoms with van der Waals surface area (Å²) in [6.07, 6.45) is 0. The normalized spacial score (nSPS) is 12.9. The number of benzene rings is 4. The molecule has 0 radical (unpaired) electrons. The Labute approximate surface area is 215 Å². The Morgan fingerprint density at radius 3 is 1.86 bits per heavy atom. The van der Waals surface area contributed by atoms with Gasteiger partial charge in [-0.15, -0.1) is 0 Å². The molecule has 184 valence electrons. The number of allylic oxidation sites excluding steroid dienone is 1. The maximum absolute atomic E-state index is 13.8. The van der Waals surface area contributed by atoms with Gasteiger partial charge in [0.25, 0.3) is 0 Å². The molecule has 0 saturated carbocycles. The average Bonchev–Trinajstić information content (AvgIpc) is 2.83. The second kappa shape index (κ2) is 9.43. The number of Topliss-reactive ketones (excluding diaryl/α,β-unsaturated/α-hetero) is 1. The van der Waals surface area contributed by atoms with Gasteiger partial charge in [-0.05, 0) is 43.9 Å². The molecule has 0 saturated heterocycles. The van der Waals surface area contributed by atoms with Crippen molar-refractivity contribution in [2.75, 3.05) is 0 Å². The van der Waals surface area contributed by atoms with E-state index in [1.54, 1.807) is 0 Å². The molecule has 0 heterocycles. The molecule has 0 fully saturated rings. The van der Waals surface area contributed by atoms with Crippen molar-refractivity contribution in [3.63, 3.8) is 0 Å². The van der Waals surface area contributed by atoms with Crippen molar-refractivity contribution < 1.29 is 9.90 Å². The van der Waals surface area contributed by atoms with E-state index in [0.29, 0.717) is 16.9 Å². The van der Waals surface area contributed by atoms with E-state index in [2.05, 4.69) is 84.5 Å². The Balaban J connectivity index is 2.04. The molecule has 0 aromatic heterocycles. The summed E-state index contributed by atoms with van der Waals surface area (Å²) in [7, 11) is 0. The largest absolute Gasteiger partial charge is 0.507 e. The molecule has 0 spiro atoms. The molecule has 0 aliphatic rings. The summed E-state index contributed by atoms with van der Waals surface area (Å²) in [5, 5.41) is 13.6. The molecular weight excluding hydrogens is 440 g/mol. The van der Waals surface area contributed by atoms with Crippen LogP contribution < -0.4 is 0 Å². The van der Waals surface area contributed by atoms with Crippen molar-refractivity contribution in [2.45, 2.75) is 58.3 Å². The second-order valence-electron chi connectivity index (χ2n) is 11.7. The van der Waals surface area contributed by atoms with E-state index >= 15 is 0 Å². The van der Waals surface area contributed by atoms with Gasteiger partial charge in [0.05, 0.1) is 0 Å². The predicted molar refractivity (Wildman–Crippen MR) is 151 cm³/mol. The monoisotopic (exact) mass is 476 g/mol. The van der Waals surface area contributed by atoms with Crippen molar-refractivity contribution in [1.29, 1.82) is 0 Å². The fourth-order valence-corrected chi connectivity index (χ4v) is 4.94. The summed E-state index contributed by atoms with van der Waals surface area (Å²) in [6, 6.07) is 28.0. The Kier molecular flexibility index (Phi) is 6.66. The number of hydrogen-bond acceptors (Lipinski definition) is 2. The highest BCUT2D eigenvalue weighted by molar-refractivity contribution is 6.10. The molecule has 0 aliphatic carbocycles. The van der Waals surface area contributed by atoms with Crippen LogP contribution in [-0.4, -0.2) is 10.9 Å². The summed E-state index contributed by atoms with van der Waals surface area (Å²) in [5.41, 5.74) is 4.32. The molecule has 36 heavy (non-hydrogen) atoms. The van der Waals surface area contributed by atoms with Gasteiger partial charge >= 0.3 is 0 Å². The van der Waals surface area contributed by atoms with E-state index in [-0.39, 0.29) is 22.5 Å². The Bertz CT molecular complexity index is 1390. The Morgan fingerprint density at radius 2 is 1.28 bits per heavy atom. The lowest BCUT2D eigenvalue weighted by Gasteiger charge is -2.31. The molecule has 0 amide bonds. The van der Waals surface area contributed by atoms with Crippen LogP contribution in [0.15, 0.2) is 97.1 Å². The quantitative estimate of drug-likeness (QED) is 0.231. The van der Waals surface area contributed by atoms with Crippen LogP contribution in [0.3, 0.4) is 0 Å². The molecule has 4 rings (SSSR count). The van der Waals surface area contributed by atoms with Crippen LogP contribution in [-0.2, 0) is 10.8 Å². The minimum atomic E-state index is -0.369. The summed E-state index contributed by atoms with van der Waals surface area (Å²) in [6.45, 7) is 17.0. The first kappa shape index (κ1) is 25.4. The fraction of sp³-hybridized carbons (Fsp3) is 0.265. The van der Waals surface area contributed by atoms with Gasteiger partial charge in [0, 0.05) is 17.1 Å². The van der Waals surface area contributed by atoms with Gasteiger partial charge in [0.15, 0.2) is 5.78 Å². The molecule has 1 N–H and O–H groups in total. The van der Waals surface area contributed by atoms with E-state index in [4.69, 9.17) is 0 Å². The third kappa shape index (κ3) is 4.86. The lowest BCUT2D eigenvalue weighted by Crippen LogP contribution is -2.20. The maximum Gasteiger partial charge on any atom is 0.189 e. The van der Waals surface area contributed by atoms with E-state index < -0.39 is 0 Å². The van der Waals surface area contributed by atoms with Gasteiger partial charge in [0.2, 0.25) is 0 Å². The van der Waals surface area contributed by atoms with Crippen LogP contribution >= 0.6 is 0 Å². The minimum absolute atomic E-state index is 0.0729. The average molecular weight is 477 g/mol. The zero-order valence-electron chi connectivity index (χ0n) is 22.2. The van der Waals surface area contributed by atoms with Gasteiger partial charge in [-0.1, -0.05) is 133 Å². The maximum atomic E-state index is 13.8. The first-order valence-electron chi connectivity index (χ1n) is 12.5. The summed E-state index contributed by atoms with van der Waals surface area (Å²) in [4.78, 5) is 13.8. The van der Waals surface area contributed by atoms with Gasteiger partial charge in [0.1, 0.15) is 5.75 Å². The molecule has 4 aromatic carbocycles. The standard InChI is InChI=1S/C34H36O2/c1-22(31(35)24-15-9-8-10-16-24)30(27-19-13-17-23-14-11-12-18-26(23)27)25-20-28(33(2,3)4)32(36)29(21-25)34(5,6)7/h8-21,30,36H,1H2,2-7H3/t30-/m0/s1.